The van der Waals surface area contributed by atoms with Crippen molar-refractivity contribution in [3.8, 4) is 0 Å². The lowest BCUT2D eigenvalue weighted by atomic mass is 10.0. The largest absolute Gasteiger partial charge is 0.481 e. The Morgan fingerprint density at radius 3 is 2.03 bits per heavy atom. The van der Waals surface area contributed by atoms with Gasteiger partial charge in [-0.3, -0.25) is 28.8 Å². The number of fused-ring (bicyclic) bond motifs is 1. The molecule has 0 aliphatic rings. The summed E-state index contributed by atoms with van der Waals surface area (Å²) in [5.41, 5.74) is 14.5. The zero-order chi connectivity index (χ0) is 42.7. The zero-order valence-electron chi connectivity index (χ0n) is 32.4. The van der Waals surface area contributed by atoms with Crippen molar-refractivity contribution in [1.29, 1.82) is 0 Å². The summed E-state index contributed by atoms with van der Waals surface area (Å²) in [7, 11) is 0. The van der Waals surface area contributed by atoms with Crippen LogP contribution in [0.25, 0.3) is 10.9 Å². The molecule has 4 rings (SSSR count). The summed E-state index contributed by atoms with van der Waals surface area (Å²) in [6.07, 6.45) is 5.75. The first-order valence-electron chi connectivity index (χ1n) is 19.2. The molecule has 19 heteroatoms. The lowest BCUT2D eigenvalue weighted by Crippen LogP contribution is -2.60. The third kappa shape index (κ3) is 14.4. The lowest BCUT2D eigenvalue weighted by molar-refractivity contribution is -0.137. The number of aromatic amines is 2. The van der Waals surface area contributed by atoms with Gasteiger partial charge in [0.1, 0.15) is 30.5 Å². The highest BCUT2D eigenvalue weighted by atomic mass is 32.1. The number of aromatic nitrogens is 3. The predicted molar refractivity (Wildman–Crippen MR) is 222 cm³/mol. The fraction of sp³-hybridized carbons (Fsp3) is 0.400. The van der Waals surface area contributed by atoms with Crippen molar-refractivity contribution >= 4 is 65.3 Å². The normalized spacial score (nSPS) is 14.2. The van der Waals surface area contributed by atoms with Crippen LogP contribution in [0, 0.1) is 0 Å². The number of nitrogens with two attached hydrogens (primary N) is 2. The van der Waals surface area contributed by atoms with Crippen molar-refractivity contribution in [3.05, 3.63) is 90.1 Å². The minimum absolute atomic E-state index is 0.0115. The van der Waals surface area contributed by atoms with E-state index in [1.165, 1.54) is 12.5 Å². The fourth-order valence-corrected chi connectivity index (χ4v) is 6.56. The second kappa shape index (κ2) is 23.4. The molecular weight excluding hydrogens is 781 g/mol. The van der Waals surface area contributed by atoms with E-state index in [-0.39, 0.29) is 44.3 Å². The average molecular weight is 833 g/mol. The number of H-pyrrole nitrogens is 2. The number of hydrogen-bond acceptors (Lipinski definition) is 11. The van der Waals surface area contributed by atoms with Gasteiger partial charge in [0.05, 0.1) is 18.4 Å². The van der Waals surface area contributed by atoms with Gasteiger partial charge < -0.3 is 57.9 Å². The van der Waals surface area contributed by atoms with E-state index in [1.807, 2.05) is 24.3 Å². The van der Waals surface area contributed by atoms with E-state index in [2.05, 4.69) is 54.2 Å². The number of hydrogen-bond donors (Lipinski definition) is 11. The van der Waals surface area contributed by atoms with Crippen LogP contribution in [0.5, 0.6) is 0 Å². The van der Waals surface area contributed by atoms with Gasteiger partial charge in [0.25, 0.3) is 0 Å². The van der Waals surface area contributed by atoms with Crippen molar-refractivity contribution in [3.63, 3.8) is 0 Å². The number of aldehydes is 1. The minimum Gasteiger partial charge on any atom is -0.481 e. The standard InChI is InChI=1S/C40H52N10O8S/c41-15-7-6-12-31(47-40(58)34(22-59)50-36(54)29(42)18-27-20-43-23-45-27)37(55)48-32(16-24-8-2-1-3-9-24)39(57)49-33(38(56)46-26(21-51)13-14-35(52)53)17-25-19-44-30-11-5-4-10-28(25)30/h1-5,8-11,19-21,23,26,29,31-34,44,59H,6-7,12-18,22,41-42H2,(H,43,45)(H,46,56)(H,47,58)(H,48,55)(H,49,57)(H,50,54)(H,52,53)/t26-,29-,31-,32-,33-,34-/m0/s1. The summed E-state index contributed by atoms with van der Waals surface area (Å²) in [5, 5.41) is 23.3. The summed E-state index contributed by atoms with van der Waals surface area (Å²) >= 11 is 4.25. The average Bonchev–Trinajstić information content (AvgIpc) is 3.90. The van der Waals surface area contributed by atoms with E-state index in [9.17, 15) is 33.6 Å². The summed E-state index contributed by atoms with van der Waals surface area (Å²) in [6.45, 7) is 0.325. The van der Waals surface area contributed by atoms with E-state index in [0.717, 1.165) is 10.9 Å². The van der Waals surface area contributed by atoms with Crippen LogP contribution < -0.4 is 38.1 Å². The first-order chi connectivity index (χ1) is 28.4. The molecule has 18 nitrogen and oxygen atoms in total. The molecule has 0 unspecified atom stereocenters. The first-order valence-corrected chi connectivity index (χ1v) is 19.9. The van der Waals surface area contributed by atoms with Gasteiger partial charge in [-0.1, -0.05) is 48.5 Å². The number of amides is 5. The van der Waals surface area contributed by atoms with Crippen molar-refractivity contribution < 1.29 is 38.7 Å². The maximum Gasteiger partial charge on any atom is 0.303 e. The number of carboxylic acids is 1. The van der Waals surface area contributed by atoms with E-state index in [1.54, 1.807) is 36.5 Å². The number of para-hydroxylation sites is 1. The highest BCUT2D eigenvalue weighted by Gasteiger charge is 2.33. The molecule has 2 heterocycles. The second-order valence-corrected chi connectivity index (χ2v) is 14.4. The van der Waals surface area contributed by atoms with Gasteiger partial charge in [-0.15, -0.1) is 0 Å². The molecule has 59 heavy (non-hydrogen) atoms. The molecule has 0 aliphatic heterocycles. The van der Waals surface area contributed by atoms with E-state index in [0.29, 0.717) is 42.5 Å². The topological polar surface area (TPSA) is 296 Å². The number of unbranched alkanes of at least 4 members (excludes halogenated alkanes) is 1. The Morgan fingerprint density at radius 2 is 1.37 bits per heavy atom. The predicted octanol–water partition coefficient (Wildman–Crippen LogP) is -0.207. The number of rotatable bonds is 25. The number of carboxylic acid groups (broad SMARTS) is 1. The van der Waals surface area contributed by atoms with Crippen LogP contribution in [0.15, 0.2) is 73.3 Å². The minimum atomic E-state index is -1.27. The molecule has 0 fully saturated rings. The molecule has 0 saturated heterocycles. The number of benzene rings is 2. The number of carbonyl (C=O) groups is 7. The van der Waals surface area contributed by atoms with Crippen LogP contribution >= 0.6 is 12.6 Å². The van der Waals surface area contributed by atoms with Gasteiger partial charge in [-0.25, -0.2) is 4.98 Å². The molecule has 0 saturated carbocycles. The maximum atomic E-state index is 14.3. The van der Waals surface area contributed by atoms with Crippen LogP contribution in [0.1, 0.15) is 48.9 Å². The molecule has 2 aromatic carbocycles. The van der Waals surface area contributed by atoms with E-state index < -0.39 is 71.8 Å². The third-order valence-corrected chi connectivity index (χ3v) is 9.90. The number of imidazole rings is 1. The summed E-state index contributed by atoms with van der Waals surface area (Å²) < 4.78 is 0. The molecule has 6 atom stereocenters. The van der Waals surface area contributed by atoms with Gasteiger partial charge in [0, 0.05) is 60.4 Å². The van der Waals surface area contributed by atoms with Crippen LogP contribution in [0.4, 0.5) is 0 Å². The SMILES string of the molecule is NCCCC[C@H](NC(=O)[C@H](CS)NC(=O)[C@@H](N)Cc1cnc[nH]1)C(=O)N[C@@H](Cc1ccccc1)C(=O)N[C@@H](Cc1c[nH]c2ccccc12)C(=O)N[C@H](C=O)CCC(=O)O. The number of nitrogens with one attached hydrogen (secondary N) is 7. The highest BCUT2D eigenvalue weighted by molar-refractivity contribution is 7.80. The molecule has 5 amide bonds. The van der Waals surface area contributed by atoms with E-state index in [4.69, 9.17) is 16.6 Å². The summed E-state index contributed by atoms with van der Waals surface area (Å²) in [4.78, 5) is 102. The highest BCUT2D eigenvalue weighted by Crippen LogP contribution is 2.20. The Bertz CT molecular complexity index is 2010. The molecule has 0 aliphatic carbocycles. The maximum absolute atomic E-state index is 14.3. The van der Waals surface area contributed by atoms with Crippen LogP contribution in [-0.2, 0) is 52.8 Å². The molecule has 0 bridgehead atoms. The van der Waals surface area contributed by atoms with Gasteiger partial charge in [-0.2, -0.15) is 12.6 Å². The van der Waals surface area contributed by atoms with Crippen LogP contribution in [0.3, 0.4) is 0 Å². The Labute approximate surface area is 346 Å². The molecule has 2 aromatic heterocycles. The Kier molecular flexibility index (Phi) is 18.1. The quantitative estimate of drug-likeness (QED) is 0.0236. The molecule has 0 spiro atoms. The monoisotopic (exact) mass is 832 g/mol. The van der Waals surface area contributed by atoms with Crippen molar-refractivity contribution in [2.45, 2.75) is 87.6 Å². The van der Waals surface area contributed by atoms with Gasteiger partial charge >= 0.3 is 5.97 Å². The van der Waals surface area contributed by atoms with Crippen LogP contribution in [0.2, 0.25) is 0 Å². The number of carbonyl (C=O) groups excluding carboxylic acids is 6. The number of thiol groups is 1. The number of nitrogens with zero attached hydrogens (tertiary/aromatic N) is 1. The van der Waals surface area contributed by atoms with Gasteiger partial charge in [0.2, 0.25) is 29.5 Å². The van der Waals surface area contributed by atoms with Gasteiger partial charge in [0.15, 0.2) is 0 Å². The molecule has 12 N–H and O–H groups in total. The first kappa shape index (κ1) is 45.6. The third-order valence-electron chi connectivity index (χ3n) is 9.54. The van der Waals surface area contributed by atoms with Crippen molar-refractivity contribution in [1.82, 2.24) is 41.5 Å². The summed E-state index contributed by atoms with van der Waals surface area (Å²) in [6, 6.07) is 9.14. The fourth-order valence-electron chi connectivity index (χ4n) is 6.30. The molecular formula is C40H52N10O8S. The van der Waals surface area contributed by atoms with E-state index >= 15 is 0 Å². The Balaban J connectivity index is 1.56. The zero-order valence-corrected chi connectivity index (χ0v) is 33.3. The number of aliphatic carboxylic acids is 1. The molecule has 316 valence electrons. The van der Waals surface area contributed by atoms with Crippen LogP contribution in [-0.4, -0.2) is 110 Å². The second-order valence-electron chi connectivity index (χ2n) is 14.0. The molecule has 0 radical (unpaired) electrons. The van der Waals surface area contributed by atoms with Gasteiger partial charge in [-0.05, 0) is 49.4 Å². The Morgan fingerprint density at radius 1 is 0.746 bits per heavy atom. The Hall–Kier alpha value is -6.05. The summed E-state index contributed by atoms with van der Waals surface area (Å²) in [5.74, 6) is -4.79. The lowest BCUT2D eigenvalue weighted by Gasteiger charge is -2.27. The van der Waals surface area contributed by atoms with Crippen molar-refractivity contribution in [2.75, 3.05) is 12.3 Å². The molecule has 4 aromatic rings. The van der Waals surface area contributed by atoms with Crippen molar-refractivity contribution in [2.24, 2.45) is 11.5 Å². The smallest absolute Gasteiger partial charge is 0.303 e.